The van der Waals surface area contributed by atoms with Gasteiger partial charge in [-0.25, -0.2) is 4.39 Å². The minimum Gasteiger partial charge on any atom is -0.389 e. The summed E-state index contributed by atoms with van der Waals surface area (Å²) in [5.74, 6) is -0.323. The van der Waals surface area contributed by atoms with Crippen molar-refractivity contribution < 1.29 is 4.39 Å². The first-order valence-corrected chi connectivity index (χ1v) is 4.21. The molecule has 0 aliphatic rings. The molecular formula is C10H7FN2S. The van der Waals surface area contributed by atoms with Gasteiger partial charge in [0.15, 0.2) is 0 Å². The summed E-state index contributed by atoms with van der Waals surface area (Å²) >= 11 is 4.65. The van der Waals surface area contributed by atoms with E-state index in [1.54, 1.807) is 12.1 Å². The Morgan fingerprint density at radius 2 is 2.00 bits per heavy atom. The van der Waals surface area contributed by atoms with Gasteiger partial charge in [0.05, 0.1) is 5.57 Å². The van der Waals surface area contributed by atoms with Crippen LogP contribution < -0.4 is 5.73 Å². The molecule has 0 saturated heterocycles. The van der Waals surface area contributed by atoms with Crippen molar-refractivity contribution in [2.45, 2.75) is 0 Å². The van der Waals surface area contributed by atoms with Crippen LogP contribution in [-0.2, 0) is 0 Å². The molecule has 0 atom stereocenters. The number of halogens is 1. The maximum Gasteiger partial charge on any atom is 0.123 e. The van der Waals surface area contributed by atoms with Gasteiger partial charge in [-0.2, -0.15) is 5.26 Å². The first-order valence-electron chi connectivity index (χ1n) is 3.80. The summed E-state index contributed by atoms with van der Waals surface area (Å²) in [5.41, 5.74) is 6.20. The molecule has 0 radical (unpaired) electrons. The van der Waals surface area contributed by atoms with Gasteiger partial charge in [-0.3, -0.25) is 0 Å². The molecule has 0 aromatic heterocycles. The summed E-state index contributed by atoms with van der Waals surface area (Å²) in [4.78, 5) is 0.0387. The molecule has 14 heavy (non-hydrogen) atoms. The van der Waals surface area contributed by atoms with E-state index in [-0.39, 0.29) is 16.4 Å². The van der Waals surface area contributed by atoms with E-state index in [0.717, 1.165) is 0 Å². The number of benzene rings is 1. The lowest BCUT2D eigenvalue weighted by Gasteiger charge is -1.95. The van der Waals surface area contributed by atoms with Crippen LogP contribution in [0.2, 0.25) is 0 Å². The van der Waals surface area contributed by atoms with Crippen molar-refractivity contribution in [2.75, 3.05) is 0 Å². The molecule has 0 aliphatic heterocycles. The molecule has 0 bridgehead atoms. The smallest absolute Gasteiger partial charge is 0.123 e. The summed E-state index contributed by atoms with van der Waals surface area (Å²) in [6, 6.07) is 7.57. The van der Waals surface area contributed by atoms with E-state index >= 15 is 0 Å². The van der Waals surface area contributed by atoms with Crippen LogP contribution in [0.25, 0.3) is 6.08 Å². The third kappa shape index (κ3) is 2.64. The van der Waals surface area contributed by atoms with E-state index in [4.69, 9.17) is 11.0 Å². The summed E-state index contributed by atoms with van der Waals surface area (Å²) in [6.45, 7) is 0. The Hall–Kier alpha value is -1.73. The van der Waals surface area contributed by atoms with E-state index in [1.165, 1.54) is 18.2 Å². The number of rotatable bonds is 2. The second-order valence-corrected chi connectivity index (χ2v) is 3.03. The Kier molecular flexibility index (Phi) is 3.32. The summed E-state index contributed by atoms with van der Waals surface area (Å²) in [7, 11) is 0. The molecule has 1 rings (SSSR count). The second-order valence-electron chi connectivity index (χ2n) is 2.59. The fraction of sp³-hybridized carbons (Fsp3) is 0. The zero-order chi connectivity index (χ0) is 10.6. The van der Waals surface area contributed by atoms with Crippen LogP contribution in [0.15, 0.2) is 29.8 Å². The number of hydrogen-bond acceptors (Lipinski definition) is 2. The van der Waals surface area contributed by atoms with Crippen LogP contribution in [0.1, 0.15) is 5.56 Å². The van der Waals surface area contributed by atoms with Crippen LogP contribution in [0, 0.1) is 17.1 Å². The monoisotopic (exact) mass is 206 g/mol. The third-order valence-corrected chi connectivity index (χ3v) is 1.79. The van der Waals surface area contributed by atoms with Crippen LogP contribution >= 0.6 is 12.2 Å². The SMILES string of the molecule is N#C/C(=C/c1ccc(F)cc1)C(N)=S. The largest absolute Gasteiger partial charge is 0.389 e. The average molecular weight is 206 g/mol. The number of nitrogens with two attached hydrogens (primary N) is 1. The van der Waals surface area contributed by atoms with Gasteiger partial charge < -0.3 is 5.73 Å². The maximum atomic E-state index is 12.5. The van der Waals surface area contributed by atoms with Gasteiger partial charge in [0.2, 0.25) is 0 Å². The molecule has 0 aliphatic carbocycles. The van der Waals surface area contributed by atoms with Crippen LogP contribution in [0.4, 0.5) is 4.39 Å². The number of thiocarbonyl (C=S) groups is 1. The minimum atomic E-state index is -0.323. The molecule has 0 heterocycles. The predicted molar refractivity (Wildman–Crippen MR) is 56.8 cm³/mol. The fourth-order valence-electron chi connectivity index (χ4n) is 0.884. The second kappa shape index (κ2) is 4.49. The predicted octanol–water partition coefficient (Wildman–Crippen LogP) is 2.02. The highest BCUT2D eigenvalue weighted by Gasteiger charge is 1.99. The molecule has 2 nitrogen and oxygen atoms in total. The van der Waals surface area contributed by atoms with E-state index in [0.29, 0.717) is 5.56 Å². The summed E-state index contributed by atoms with van der Waals surface area (Å²) in [6.07, 6.45) is 1.52. The molecule has 0 unspecified atom stereocenters. The lowest BCUT2D eigenvalue weighted by molar-refractivity contribution is 0.628. The van der Waals surface area contributed by atoms with Gasteiger partial charge >= 0.3 is 0 Å². The zero-order valence-corrected chi connectivity index (χ0v) is 8.01. The number of nitrogens with zero attached hydrogens (tertiary/aromatic N) is 1. The molecule has 1 aromatic carbocycles. The number of nitriles is 1. The van der Waals surface area contributed by atoms with Gasteiger partial charge in [0.25, 0.3) is 0 Å². The normalized spacial score (nSPS) is 10.7. The van der Waals surface area contributed by atoms with E-state index in [1.807, 2.05) is 6.07 Å². The van der Waals surface area contributed by atoms with E-state index in [9.17, 15) is 4.39 Å². The quantitative estimate of drug-likeness (QED) is 0.457. The maximum absolute atomic E-state index is 12.5. The van der Waals surface area contributed by atoms with Gasteiger partial charge in [0, 0.05) is 0 Å². The topological polar surface area (TPSA) is 49.8 Å². The Morgan fingerprint density at radius 1 is 1.43 bits per heavy atom. The Morgan fingerprint density at radius 3 is 2.43 bits per heavy atom. The van der Waals surface area contributed by atoms with Crippen molar-refractivity contribution in [3.63, 3.8) is 0 Å². The minimum absolute atomic E-state index is 0.0387. The van der Waals surface area contributed by atoms with Gasteiger partial charge in [-0.05, 0) is 23.8 Å². The van der Waals surface area contributed by atoms with Crippen molar-refractivity contribution in [3.05, 3.63) is 41.2 Å². The molecule has 0 spiro atoms. The molecule has 70 valence electrons. The highest BCUT2D eigenvalue weighted by Crippen LogP contribution is 2.08. The van der Waals surface area contributed by atoms with Crippen LogP contribution in [0.3, 0.4) is 0 Å². The molecular weight excluding hydrogens is 199 g/mol. The third-order valence-electron chi connectivity index (χ3n) is 1.57. The molecule has 4 heteroatoms. The Labute approximate surface area is 86.5 Å². The first-order chi connectivity index (χ1) is 6.63. The van der Waals surface area contributed by atoms with Crippen molar-refractivity contribution in [3.8, 4) is 6.07 Å². The van der Waals surface area contributed by atoms with Crippen LogP contribution in [0.5, 0.6) is 0 Å². The highest BCUT2D eigenvalue weighted by molar-refractivity contribution is 7.80. The zero-order valence-electron chi connectivity index (χ0n) is 7.20. The standard InChI is InChI=1S/C10H7FN2S/c11-9-3-1-7(2-4-9)5-8(6-12)10(13)14/h1-5H,(H2,13,14)/b8-5-. The number of hydrogen-bond donors (Lipinski definition) is 1. The fourth-order valence-corrected chi connectivity index (χ4v) is 0.989. The average Bonchev–Trinajstić information content (AvgIpc) is 2.16. The van der Waals surface area contributed by atoms with Gasteiger partial charge in [0.1, 0.15) is 16.9 Å². The summed E-state index contributed by atoms with van der Waals surface area (Å²) in [5, 5.41) is 8.65. The summed E-state index contributed by atoms with van der Waals surface area (Å²) < 4.78 is 12.5. The first kappa shape index (κ1) is 10.4. The highest BCUT2D eigenvalue weighted by atomic mass is 32.1. The van der Waals surface area contributed by atoms with Crippen molar-refractivity contribution in [2.24, 2.45) is 5.73 Å². The Bertz CT molecular complexity index is 415. The van der Waals surface area contributed by atoms with E-state index in [2.05, 4.69) is 12.2 Å². The molecule has 2 N–H and O–H groups in total. The van der Waals surface area contributed by atoms with E-state index < -0.39 is 0 Å². The molecule has 0 fully saturated rings. The van der Waals surface area contributed by atoms with Crippen molar-refractivity contribution >= 4 is 23.3 Å². The molecule has 0 amide bonds. The molecule has 1 aromatic rings. The van der Waals surface area contributed by atoms with Gasteiger partial charge in [-0.15, -0.1) is 0 Å². The molecule has 0 saturated carbocycles. The lowest BCUT2D eigenvalue weighted by atomic mass is 10.1. The van der Waals surface area contributed by atoms with Gasteiger partial charge in [-0.1, -0.05) is 24.4 Å². The van der Waals surface area contributed by atoms with Crippen molar-refractivity contribution in [1.82, 2.24) is 0 Å². The Balaban J connectivity index is 3.03. The lowest BCUT2D eigenvalue weighted by Crippen LogP contribution is -2.09. The van der Waals surface area contributed by atoms with Crippen molar-refractivity contribution in [1.29, 1.82) is 5.26 Å². The van der Waals surface area contributed by atoms with Crippen LogP contribution in [-0.4, -0.2) is 4.99 Å².